The van der Waals surface area contributed by atoms with Crippen molar-refractivity contribution in [2.45, 2.75) is 32.8 Å². The molecule has 1 aliphatic heterocycles. The summed E-state index contributed by atoms with van der Waals surface area (Å²) in [6.45, 7) is 5.55. The molecule has 1 unspecified atom stereocenters. The fourth-order valence-electron chi connectivity index (χ4n) is 4.18. The Morgan fingerprint density at radius 2 is 2.10 bits per heavy atom. The first-order chi connectivity index (χ1) is 14.1. The highest BCUT2D eigenvalue weighted by molar-refractivity contribution is 5.87. The molecule has 0 radical (unpaired) electrons. The number of fused-ring (bicyclic) bond motifs is 2. The van der Waals surface area contributed by atoms with Gasteiger partial charge in [0.2, 0.25) is 0 Å². The maximum absolute atomic E-state index is 13.0. The lowest BCUT2D eigenvalue weighted by Crippen LogP contribution is -2.20. The fourth-order valence-corrected chi connectivity index (χ4v) is 4.18. The number of para-hydroxylation sites is 1. The van der Waals surface area contributed by atoms with Gasteiger partial charge < -0.3 is 15.0 Å². The number of imidazole rings is 1. The Hall–Kier alpha value is -3.12. The van der Waals surface area contributed by atoms with Crippen LogP contribution in [0.2, 0.25) is 0 Å². The number of hydrogen-bond donors (Lipinski definition) is 2. The van der Waals surface area contributed by atoms with Crippen molar-refractivity contribution >= 4 is 22.4 Å². The van der Waals surface area contributed by atoms with Crippen molar-refractivity contribution in [2.75, 3.05) is 18.5 Å². The lowest BCUT2D eigenvalue weighted by molar-refractivity contribution is 0.120. The van der Waals surface area contributed by atoms with Crippen LogP contribution in [-0.2, 0) is 4.74 Å². The molecule has 4 heterocycles. The molecule has 6 heteroatoms. The molecule has 29 heavy (non-hydrogen) atoms. The minimum Gasteiger partial charge on any atom is -0.376 e. The van der Waals surface area contributed by atoms with E-state index >= 15 is 0 Å². The van der Waals surface area contributed by atoms with Crippen molar-refractivity contribution < 1.29 is 4.74 Å². The van der Waals surface area contributed by atoms with Crippen molar-refractivity contribution in [1.29, 1.82) is 0 Å². The van der Waals surface area contributed by atoms with Crippen molar-refractivity contribution in [1.82, 2.24) is 14.4 Å². The van der Waals surface area contributed by atoms with Crippen molar-refractivity contribution in [3.8, 4) is 11.3 Å². The molecular weight excluding hydrogens is 364 g/mol. The monoisotopic (exact) mass is 388 g/mol. The van der Waals surface area contributed by atoms with Gasteiger partial charge >= 0.3 is 0 Å². The highest BCUT2D eigenvalue weighted by atomic mass is 16.5. The van der Waals surface area contributed by atoms with E-state index < -0.39 is 0 Å². The molecule has 1 saturated heterocycles. The minimum atomic E-state index is -0.131. The number of anilines is 1. The van der Waals surface area contributed by atoms with Crippen LogP contribution in [0, 0.1) is 13.8 Å². The van der Waals surface area contributed by atoms with Crippen LogP contribution in [0.5, 0.6) is 0 Å². The van der Waals surface area contributed by atoms with Crippen LogP contribution in [0.1, 0.15) is 24.1 Å². The van der Waals surface area contributed by atoms with Gasteiger partial charge in [-0.3, -0.25) is 9.20 Å². The van der Waals surface area contributed by atoms with E-state index in [-0.39, 0.29) is 11.7 Å². The summed E-state index contributed by atoms with van der Waals surface area (Å²) in [4.78, 5) is 20.9. The van der Waals surface area contributed by atoms with Gasteiger partial charge in [-0.2, -0.15) is 0 Å². The predicted molar refractivity (Wildman–Crippen MR) is 116 cm³/mol. The summed E-state index contributed by atoms with van der Waals surface area (Å²) in [5.41, 5.74) is 4.91. The van der Waals surface area contributed by atoms with Crippen LogP contribution in [0.15, 0.2) is 47.3 Å². The number of benzene rings is 1. The number of aromatic amines is 1. The van der Waals surface area contributed by atoms with Crippen molar-refractivity contribution in [3.05, 3.63) is 64.1 Å². The van der Waals surface area contributed by atoms with Crippen LogP contribution >= 0.6 is 0 Å². The molecule has 4 aromatic rings. The molecule has 1 fully saturated rings. The Morgan fingerprint density at radius 1 is 1.24 bits per heavy atom. The van der Waals surface area contributed by atoms with Crippen molar-refractivity contribution in [3.63, 3.8) is 0 Å². The second kappa shape index (κ2) is 7.04. The topological polar surface area (TPSA) is 71.4 Å². The largest absolute Gasteiger partial charge is 0.376 e. The van der Waals surface area contributed by atoms with E-state index in [2.05, 4.69) is 14.7 Å². The number of pyridine rings is 2. The first-order valence-electron chi connectivity index (χ1n) is 10.1. The van der Waals surface area contributed by atoms with Crippen molar-refractivity contribution in [2.24, 2.45) is 0 Å². The Labute approximate surface area is 168 Å². The Balaban J connectivity index is 1.69. The normalized spacial score (nSPS) is 16.7. The third-order valence-electron chi connectivity index (χ3n) is 5.70. The Morgan fingerprint density at radius 3 is 2.93 bits per heavy atom. The summed E-state index contributed by atoms with van der Waals surface area (Å²) in [5, 5.41) is 4.53. The molecule has 0 saturated carbocycles. The molecule has 0 spiro atoms. The van der Waals surface area contributed by atoms with Crippen LogP contribution in [0.25, 0.3) is 27.8 Å². The smallest absolute Gasteiger partial charge is 0.258 e. The van der Waals surface area contributed by atoms with Gasteiger partial charge in [0.1, 0.15) is 17.2 Å². The summed E-state index contributed by atoms with van der Waals surface area (Å²) in [6.07, 6.45) is 2.33. The van der Waals surface area contributed by atoms with Gasteiger partial charge in [0.15, 0.2) is 0 Å². The van der Waals surface area contributed by atoms with Gasteiger partial charge in [-0.1, -0.05) is 24.3 Å². The highest BCUT2D eigenvalue weighted by Gasteiger charge is 2.21. The van der Waals surface area contributed by atoms with E-state index in [0.717, 1.165) is 53.1 Å². The van der Waals surface area contributed by atoms with Gasteiger partial charge in [-0.15, -0.1) is 0 Å². The quantitative estimate of drug-likeness (QED) is 0.553. The molecular formula is C23H24N4O2. The third kappa shape index (κ3) is 3.09. The third-order valence-corrected chi connectivity index (χ3v) is 5.70. The van der Waals surface area contributed by atoms with E-state index in [1.807, 2.05) is 56.3 Å². The molecule has 1 aliphatic rings. The summed E-state index contributed by atoms with van der Waals surface area (Å²) in [6, 6.07) is 14.0. The zero-order chi connectivity index (χ0) is 20.0. The number of aromatic nitrogens is 3. The molecule has 2 N–H and O–H groups in total. The van der Waals surface area contributed by atoms with E-state index in [9.17, 15) is 4.79 Å². The summed E-state index contributed by atoms with van der Waals surface area (Å²) in [7, 11) is 0. The average molecular weight is 388 g/mol. The van der Waals surface area contributed by atoms with E-state index in [4.69, 9.17) is 9.72 Å². The zero-order valence-electron chi connectivity index (χ0n) is 16.7. The fraction of sp³-hybridized carbons (Fsp3) is 0.304. The number of ether oxygens (including phenoxy) is 1. The molecule has 6 nitrogen and oxygen atoms in total. The predicted octanol–water partition coefficient (Wildman–Crippen LogP) is 4.05. The minimum absolute atomic E-state index is 0.131. The van der Waals surface area contributed by atoms with Gasteiger partial charge in [0.05, 0.1) is 17.2 Å². The van der Waals surface area contributed by atoms with Crippen LogP contribution < -0.4 is 10.9 Å². The maximum atomic E-state index is 13.0. The number of hydrogen-bond acceptors (Lipinski definition) is 4. The van der Waals surface area contributed by atoms with Gasteiger partial charge in [-0.25, -0.2) is 4.98 Å². The lowest BCUT2D eigenvalue weighted by atomic mass is 10.1. The molecule has 1 atom stereocenters. The Bertz CT molecular complexity index is 1270. The average Bonchev–Trinajstić information content (AvgIpc) is 3.35. The SMILES string of the molecule is Cc1cccc2cc(-c3nc4cccc(C)n4c3NCC3CCCO3)c(=O)[nH]c12. The van der Waals surface area contributed by atoms with Gasteiger partial charge in [-0.05, 0) is 55.8 Å². The van der Waals surface area contributed by atoms with E-state index in [0.29, 0.717) is 17.8 Å². The first kappa shape index (κ1) is 17.9. The first-order valence-corrected chi connectivity index (χ1v) is 10.1. The molecule has 0 bridgehead atoms. The molecule has 5 rings (SSSR count). The zero-order valence-corrected chi connectivity index (χ0v) is 16.7. The van der Waals surface area contributed by atoms with Crippen LogP contribution in [0.3, 0.4) is 0 Å². The maximum Gasteiger partial charge on any atom is 0.258 e. The van der Waals surface area contributed by atoms with E-state index in [1.54, 1.807) is 0 Å². The number of H-pyrrole nitrogens is 1. The molecule has 0 amide bonds. The number of nitrogens with one attached hydrogen (secondary N) is 2. The van der Waals surface area contributed by atoms with Gasteiger partial charge in [0.25, 0.3) is 5.56 Å². The number of rotatable bonds is 4. The second-order valence-electron chi connectivity index (χ2n) is 7.74. The summed E-state index contributed by atoms with van der Waals surface area (Å²) >= 11 is 0. The summed E-state index contributed by atoms with van der Waals surface area (Å²) < 4.78 is 7.85. The highest BCUT2D eigenvalue weighted by Crippen LogP contribution is 2.30. The van der Waals surface area contributed by atoms with Crippen LogP contribution in [0.4, 0.5) is 5.82 Å². The van der Waals surface area contributed by atoms with E-state index in [1.165, 1.54) is 0 Å². The number of aryl methyl sites for hydroxylation is 2. The second-order valence-corrected chi connectivity index (χ2v) is 7.74. The molecule has 3 aromatic heterocycles. The summed E-state index contributed by atoms with van der Waals surface area (Å²) in [5.74, 6) is 0.839. The molecule has 1 aromatic carbocycles. The Kier molecular flexibility index (Phi) is 4.36. The molecule has 0 aliphatic carbocycles. The standard InChI is InChI=1S/C23H24N4O2/c1-14-6-3-8-16-12-18(23(28)26-20(14)16)21-22(24-13-17-9-5-11-29-17)27-15(2)7-4-10-19(27)25-21/h3-4,6-8,10,12,17,24H,5,9,11,13H2,1-2H3,(H,26,28). The number of nitrogens with zero attached hydrogens (tertiary/aromatic N) is 2. The van der Waals surface area contributed by atoms with Crippen LogP contribution in [-0.4, -0.2) is 33.6 Å². The lowest BCUT2D eigenvalue weighted by Gasteiger charge is -2.14. The molecule has 148 valence electrons. The van der Waals surface area contributed by atoms with Gasteiger partial charge in [0, 0.05) is 18.8 Å².